The molecule has 0 aliphatic carbocycles. The number of pyridine rings is 1. The molecule has 0 spiro atoms. The fourth-order valence-corrected chi connectivity index (χ4v) is 1.34. The molecule has 0 saturated heterocycles. The standard InChI is InChI=1S/C13H11N2O/c16-13(10-12-8-4-5-9-14-12)15-11-6-2-1-3-7-11/h2-9H,10H2,(H,15,16). The van der Waals surface area contributed by atoms with E-state index in [0.717, 1.165) is 11.4 Å². The summed E-state index contributed by atoms with van der Waals surface area (Å²) < 4.78 is 0. The number of benzene rings is 1. The molecule has 0 aliphatic heterocycles. The van der Waals surface area contributed by atoms with Crippen LogP contribution in [0.1, 0.15) is 5.69 Å². The lowest BCUT2D eigenvalue weighted by Crippen LogP contribution is -2.14. The van der Waals surface area contributed by atoms with Gasteiger partial charge in [0.25, 0.3) is 0 Å². The number of rotatable bonds is 3. The molecule has 1 aromatic heterocycles. The molecule has 1 amide bonds. The van der Waals surface area contributed by atoms with Gasteiger partial charge in [-0.25, -0.2) is 0 Å². The van der Waals surface area contributed by atoms with E-state index in [-0.39, 0.29) is 5.91 Å². The van der Waals surface area contributed by atoms with E-state index in [2.05, 4.69) is 16.4 Å². The van der Waals surface area contributed by atoms with E-state index in [1.807, 2.05) is 18.2 Å². The van der Waals surface area contributed by atoms with Crippen molar-refractivity contribution in [2.75, 3.05) is 5.32 Å². The van der Waals surface area contributed by atoms with Gasteiger partial charge in [-0.2, -0.15) is 0 Å². The molecule has 16 heavy (non-hydrogen) atoms. The van der Waals surface area contributed by atoms with Gasteiger partial charge in [-0.3, -0.25) is 9.78 Å². The van der Waals surface area contributed by atoms with Gasteiger partial charge in [-0.05, 0) is 30.3 Å². The lowest BCUT2D eigenvalue weighted by atomic mass is 10.2. The third kappa shape index (κ3) is 2.92. The highest BCUT2D eigenvalue weighted by Gasteiger charge is 2.03. The van der Waals surface area contributed by atoms with Crippen LogP contribution in [-0.4, -0.2) is 10.9 Å². The van der Waals surface area contributed by atoms with Crippen LogP contribution in [0.2, 0.25) is 0 Å². The molecule has 0 aliphatic rings. The Morgan fingerprint density at radius 2 is 2.06 bits per heavy atom. The third-order valence-electron chi connectivity index (χ3n) is 2.07. The molecule has 0 bridgehead atoms. The summed E-state index contributed by atoms with van der Waals surface area (Å²) >= 11 is 0. The van der Waals surface area contributed by atoms with Gasteiger partial charge in [0.2, 0.25) is 5.91 Å². The molecule has 3 nitrogen and oxygen atoms in total. The second kappa shape index (κ2) is 5.07. The van der Waals surface area contributed by atoms with Crippen LogP contribution >= 0.6 is 0 Å². The number of aromatic nitrogens is 1. The van der Waals surface area contributed by atoms with Gasteiger partial charge in [0.05, 0.1) is 6.42 Å². The number of carbonyl (C=O) groups excluding carboxylic acids is 1. The molecular formula is C13H11N2O. The van der Waals surface area contributed by atoms with E-state index in [1.165, 1.54) is 0 Å². The number of hydrogen-bond acceptors (Lipinski definition) is 2. The first-order valence-corrected chi connectivity index (χ1v) is 5.00. The number of anilines is 1. The zero-order valence-corrected chi connectivity index (χ0v) is 8.68. The SMILES string of the molecule is O=C(Cc1ccccn1)Nc1cc[c]cc1. The van der Waals surface area contributed by atoms with Gasteiger partial charge >= 0.3 is 0 Å². The number of amides is 1. The van der Waals surface area contributed by atoms with Crippen LogP contribution in [0.25, 0.3) is 0 Å². The van der Waals surface area contributed by atoms with Crippen LogP contribution in [0, 0.1) is 6.07 Å². The van der Waals surface area contributed by atoms with Crippen LogP contribution in [0.5, 0.6) is 0 Å². The summed E-state index contributed by atoms with van der Waals surface area (Å²) in [6.45, 7) is 0. The van der Waals surface area contributed by atoms with Crippen molar-refractivity contribution < 1.29 is 4.79 Å². The fourth-order valence-electron chi connectivity index (χ4n) is 1.34. The Morgan fingerprint density at radius 3 is 2.75 bits per heavy atom. The second-order valence-electron chi connectivity index (χ2n) is 3.33. The average molecular weight is 211 g/mol. The highest BCUT2D eigenvalue weighted by atomic mass is 16.1. The number of hydrogen-bond donors (Lipinski definition) is 1. The van der Waals surface area contributed by atoms with Crippen molar-refractivity contribution in [3.8, 4) is 0 Å². The van der Waals surface area contributed by atoms with Crippen LogP contribution in [0.15, 0.2) is 48.7 Å². The van der Waals surface area contributed by atoms with Gasteiger partial charge in [-0.15, -0.1) is 0 Å². The zero-order chi connectivity index (χ0) is 11.2. The van der Waals surface area contributed by atoms with Crippen molar-refractivity contribution >= 4 is 11.6 Å². The maximum Gasteiger partial charge on any atom is 0.230 e. The van der Waals surface area contributed by atoms with E-state index in [9.17, 15) is 4.79 Å². The first-order chi connectivity index (χ1) is 7.84. The van der Waals surface area contributed by atoms with E-state index < -0.39 is 0 Å². The molecule has 1 radical (unpaired) electrons. The van der Waals surface area contributed by atoms with E-state index >= 15 is 0 Å². The summed E-state index contributed by atoms with van der Waals surface area (Å²) in [7, 11) is 0. The smallest absolute Gasteiger partial charge is 0.230 e. The van der Waals surface area contributed by atoms with Crippen LogP contribution < -0.4 is 5.32 Å². The van der Waals surface area contributed by atoms with Crippen LogP contribution in [0.4, 0.5) is 5.69 Å². The highest BCUT2D eigenvalue weighted by Crippen LogP contribution is 2.05. The Labute approximate surface area is 94.1 Å². The Bertz CT molecular complexity index is 410. The molecule has 0 unspecified atom stereocenters. The molecule has 0 atom stereocenters. The summed E-state index contributed by atoms with van der Waals surface area (Å²) in [4.78, 5) is 15.7. The lowest BCUT2D eigenvalue weighted by Gasteiger charge is -2.03. The van der Waals surface area contributed by atoms with Crippen LogP contribution in [-0.2, 0) is 11.2 Å². The largest absolute Gasteiger partial charge is 0.326 e. The second-order valence-corrected chi connectivity index (χ2v) is 3.33. The minimum Gasteiger partial charge on any atom is -0.326 e. The van der Waals surface area contributed by atoms with Gasteiger partial charge in [0, 0.05) is 17.6 Å². The summed E-state index contributed by atoms with van der Waals surface area (Å²) in [5.41, 5.74) is 1.54. The molecule has 1 heterocycles. The molecule has 1 N–H and O–H groups in total. The van der Waals surface area contributed by atoms with Gasteiger partial charge in [0.15, 0.2) is 0 Å². The van der Waals surface area contributed by atoms with Crippen LogP contribution in [0.3, 0.4) is 0 Å². The Balaban J connectivity index is 1.95. The van der Waals surface area contributed by atoms with Crippen molar-refractivity contribution in [1.29, 1.82) is 0 Å². The summed E-state index contributed by atoms with van der Waals surface area (Å²) in [6.07, 6.45) is 1.97. The molecular weight excluding hydrogens is 200 g/mol. The summed E-state index contributed by atoms with van der Waals surface area (Å²) in [5, 5.41) is 2.79. The Morgan fingerprint density at radius 1 is 1.25 bits per heavy atom. The monoisotopic (exact) mass is 211 g/mol. The average Bonchev–Trinajstić information content (AvgIpc) is 2.31. The zero-order valence-electron chi connectivity index (χ0n) is 8.68. The maximum atomic E-state index is 11.6. The summed E-state index contributed by atoms with van der Waals surface area (Å²) in [5.74, 6) is -0.0649. The number of nitrogens with one attached hydrogen (secondary N) is 1. The first kappa shape index (κ1) is 10.4. The Kier molecular flexibility index (Phi) is 3.28. The van der Waals surface area contributed by atoms with Gasteiger partial charge in [0.1, 0.15) is 0 Å². The number of nitrogens with zero attached hydrogens (tertiary/aromatic N) is 1. The fraction of sp³-hybridized carbons (Fsp3) is 0.0769. The molecule has 2 rings (SSSR count). The predicted octanol–water partition coefficient (Wildman–Crippen LogP) is 2.06. The van der Waals surface area contributed by atoms with Crippen molar-refractivity contribution in [2.24, 2.45) is 0 Å². The summed E-state index contributed by atoms with van der Waals surface area (Å²) in [6, 6.07) is 15.5. The van der Waals surface area contributed by atoms with Gasteiger partial charge < -0.3 is 5.32 Å². The van der Waals surface area contributed by atoms with Crippen molar-refractivity contribution in [3.05, 3.63) is 60.4 Å². The topological polar surface area (TPSA) is 42.0 Å². The van der Waals surface area contributed by atoms with E-state index in [4.69, 9.17) is 0 Å². The molecule has 0 fully saturated rings. The van der Waals surface area contributed by atoms with Gasteiger partial charge in [-0.1, -0.05) is 18.2 Å². The van der Waals surface area contributed by atoms with E-state index in [0.29, 0.717) is 6.42 Å². The molecule has 0 saturated carbocycles. The highest BCUT2D eigenvalue weighted by molar-refractivity contribution is 5.91. The van der Waals surface area contributed by atoms with Crippen molar-refractivity contribution in [3.63, 3.8) is 0 Å². The normalized spacial score (nSPS) is 9.75. The Hall–Kier alpha value is -2.16. The van der Waals surface area contributed by atoms with Crippen molar-refractivity contribution in [1.82, 2.24) is 4.98 Å². The quantitative estimate of drug-likeness (QED) is 0.844. The predicted molar refractivity (Wildman–Crippen MR) is 61.8 cm³/mol. The number of carbonyl (C=O) groups is 1. The molecule has 79 valence electrons. The molecule has 2 aromatic rings. The van der Waals surface area contributed by atoms with E-state index in [1.54, 1.807) is 30.5 Å². The molecule has 3 heteroatoms. The third-order valence-corrected chi connectivity index (χ3v) is 2.07. The minimum absolute atomic E-state index is 0.0649. The minimum atomic E-state index is -0.0649. The van der Waals surface area contributed by atoms with Crippen molar-refractivity contribution in [2.45, 2.75) is 6.42 Å². The maximum absolute atomic E-state index is 11.6. The first-order valence-electron chi connectivity index (χ1n) is 5.00. The lowest BCUT2D eigenvalue weighted by molar-refractivity contribution is -0.115. The molecule has 1 aromatic carbocycles.